The minimum absolute atomic E-state index is 0.00835. The summed E-state index contributed by atoms with van der Waals surface area (Å²) in [4.78, 5) is 15.5. The Kier molecular flexibility index (Phi) is 2.03. The highest BCUT2D eigenvalue weighted by Crippen LogP contribution is 2.30. The highest BCUT2D eigenvalue weighted by atomic mass is 35.5. The van der Waals surface area contributed by atoms with Gasteiger partial charge in [0.25, 0.3) is 0 Å². The number of nitrogens with zero attached hydrogens (tertiary/aromatic N) is 4. The van der Waals surface area contributed by atoms with Gasteiger partial charge in [0, 0.05) is 5.92 Å². The van der Waals surface area contributed by atoms with Crippen molar-refractivity contribution in [2.75, 3.05) is 5.32 Å². The zero-order chi connectivity index (χ0) is 11.1. The van der Waals surface area contributed by atoms with Gasteiger partial charge in [-0.2, -0.15) is 0 Å². The molecule has 1 aliphatic rings. The molecule has 3 rings (SSSR count). The molecule has 2 aromatic heterocycles. The molecule has 82 valence electrons. The summed E-state index contributed by atoms with van der Waals surface area (Å²) in [6.45, 7) is 0. The van der Waals surface area contributed by atoms with E-state index < -0.39 is 0 Å². The smallest absolute Gasteiger partial charge is 0.227 e. The lowest BCUT2D eigenvalue weighted by atomic mass is 10.3. The van der Waals surface area contributed by atoms with Crippen LogP contribution < -0.4 is 5.32 Å². The molecule has 0 radical (unpaired) electrons. The molecule has 2 aromatic rings. The highest BCUT2D eigenvalue weighted by Gasteiger charge is 2.30. The molecule has 2 heterocycles. The zero-order valence-corrected chi connectivity index (χ0v) is 8.98. The predicted molar refractivity (Wildman–Crippen MR) is 57.1 cm³/mol. The zero-order valence-electron chi connectivity index (χ0n) is 8.22. The number of rotatable bonds is 2. The standard InChI is InChI=1S/C9H8ClN5O/c10-9-11-3-6(7-14-12-4-15(7)9)13-8(16)5-1-2-5/h3-5H,1-2H2,(H,13,16). The summed E-state index contributed by atoms with van der Waals surface area (Å²) in [5, 5.41) is 10.7. The maximum absolute atomic E-state index is 11.6. The van der Waals surface area contributed by atoms with Crippen LogP contribution in [0.1, 0.15) is 12.8 Å². The van der Waals surface area contributed by atoms with E-state index in [-0.39, 0.29) is 17.1 Å². The molecular formula is C9H8ClN5O. The lowest BCUT2D eigenvalue weighted by molar-refractivity contribution is -0.117. The Morgan fingerprint density at radius 2 is 2.38 bits per heavy atom. The molecule has 1 saturated carbocycles. The van der Waals surface area contributed by atoms with E-state index in [9.17, 15) is 4.79 Å². The summed E-state index contributed by atoms with van der Waals surface area (Å²) in [7, 11) is 0. The van der Waals surface area contributed by atoms with Crippen LogP contribution in [0, 0.1) is 5.92 Å². The number of carbonyl (C=O) groups excluding carboxylic acids is 1. The van der Waals surface area contributed by atoms with E-state index >= 15 is 0 Å². The fraction of sp³-hybridized carbons (Fsp3) is 0.333. The van der Waals surface area contributed by atoms with Crippen LogP contribution in [-0.4, -0.2) is 25.5 Å². The number of anilines is 1. The van der Waals surface area contributed by atoms with Gasteiger partial charge in [0.2, 0.25) is 11.2 Å². The number of hydrogen-bond acceptors (Lipinski definition) is 4. The van der Waals surface area contributed by atoms with E-state index in [0.717, 1.165) is 12.8 Å². The third kappa shape index (κ3) is 1.51. The van der Waals surface area contributed by atoms with Crippen molar-refractivity contribution in [1.29, 1.82) is 0 Å². The molecular weight excluding hydrogens is 230 g/mol. The van der Waals surface area contributed by atoms with Crippen molar-refractivity contribution in [3.63, 3.8) is 0 Å². The summed E-state index contributed by atoms with van der Waals surface area (Å²) in [5.41, 5.74) is 1.05. The average Bonchev–Trinajstić information content (AvgIpc) is 3.00. The van der Waals surface area contributed by atoms with Crippen LogP contribution in [0.15, 0.2) is 12.5 Å². The van der Waals surface area contributed by atoms with E-state index in [2.05, 4.69) is 20.5 Å². The average molecular weight is 238 g/mol. The molecule has 7 heteroatoms. The Labute approximate surface area is 95.6 Å². The molecule has 0 saturated heterocycles. The predicted octanol–water partition coefficient (Wildman–Crippen LogP) is 1.13. The fourth-order valence-electron chi connectivity index (χ4n) is 1.46. The maximum atomic E-state index is 11.6. The van der Waals surface area contributed by atoms with Crippen molar-refractivity contribution in [2.45, 2.75) is 12.8 Å². The van der Waals surface area contributed by atoms with Gasteiger partial charge in [0.1, 0.15) is 12.0 Å². The van der Waals surface area contributed by atoms with Crippen LogP contribution >= 0.6 is 11.6 Å². The van der Waals surface area contributed by atoms with Gasteiger partial charge in [0.05, 0.1) is 6.20 Å². The van der Waals surface area contributed by atoms with Gasteiger partial charge >= 0.3 is 0 Å². The SMILES string of the molecule is O=C(Nc1cnc(Cl)n2cnnc12)C1CC1. The molecule has 0 unspecified atom stereocenters. The third-order valence-electron chi connectivity index (χ3n) is 2.49. The van der Waals surface area contributed by atoms with Gasteiger partial charge in [0.15, 0.2) is 5.65 Å². The van der Waals surface area contributed by atoms with Crippen LogP contribution in [0.25, 0.3) is 5.65 Å². The van der Waals surface area contributed by atoms with E-state index in [4.69, 9.17) is 11.6 Å². The number of amides is 1. The molecule has 0 aromatic carbocycles. The second-order valence-electron chi connectivity index (χ2n) is 3.73. The molecule has 0 spiro atoms. The van der Waals surface area contributed by atoms with E-state index in [1.165, 1.54) is 16.9 Å². The van der Waals surface area contributed by atoms with Crippen molar-refractivity contribution >= 4 is 28.8 Å². The number of halogens is 1. The first kappa shape index (κ1) is 9.53. The second-order valence-corrected chi connectivity index (χ2v) is 4.07. The summed E-state index contributed by atoms with van der Waals surface area (Å²) in [6, 6.07) is 0. The Balaban J connectivity index is 1.99. The Morgan fingerprint density at radius 1 is 1.56 bits per heavy atom. The molecule has 6 nitrogen and oxygen atoms in total. The number of aromatic nitrogens is 4. The van der Waals surface area contributed by atoms with E-state index in [0.29, 0.717) is 11.3 Å². The first-order chi connectivity index (χ1) is 7.75. The molecule has 1 aliphatic carbocycles. The number of carbonyl (C=O) groups is 1. The van der Waals surface area contributed by atoms with Gasteiger partial charge in [-0.1, -0.05) is 0 Å². The third-order valence-corrected chi connectivity index (χ3v) is 2.77. The topological polar surface area (TPSA) is 72.2 Å². The molecule has 0 bridgehead atoms. The minimum atomic E-state index is 0.00835. The molecule has 1 N–H and O–H groups in total. The summed E-state index contributed by atoms with van der Waals surface area (Å²) in [6.07, 6.45) is 4.86. The fourth-order valence-corrected chi connectivity index (χ4v) is 1.63. The van der Waals surface area contributed by atoms with Gasteiger partial charge < -0.3 is 5.32 Å². The van der Waals surface area contributed by atoms with Crippen LogP contribution in [-0.2, 0) is 4.79 Å². The largest absolute Gasteiger partial charge is 0.321 e. The van der Waals surface area contributed by atoms with Crippen molar-refractivity contribution in [3.05, 3.63) is 17.8 Å². The quantitative estimate of drug-likeness (QED) is 0.795. The van der Waals surface area contributed by atoms with E-state index in [1.54, 1.807) is 0 Å². The first-order valence-corrected chi connectivity index (χ1v) is 5.28. The van der Waals surface area contributed by atoms with Crippen LogP contribution in [0.4, 0.5) is 5.69 Å². The second kappa shape index (κ2) is 3.41. The summed E-state index contributed by atoms with van der Waals surface area (Å²) < 4.78 is 1.52. The summed E-state index contributed by atoms with van der Waals surface area (Å²) in [5.74, 6) is 0.146. The normalized spacial score (nSPS) is 15.3. The lowest BCUT2D eigenvalue weighted by Gasteiger charge is -2.05. The van der Waals surface area contributed by atoms with Crippen molar-refractivity contribution in [1.82, 2.24) is 19.6 Å². The van der Waals surface area contributed by atoms with Crippen molar-refractivity contribution in [2.24, 2.45) is 5.92 Å². The molecule has 1 amide bonds. The summed E-state index contributed by atoms with van der Waals surface area (Å²) >= 11 is 5.84. The van der Waals surface area contributed by atoms with E-state index in [1.807, 2.05) is 0 Å². The van der Waals surface area contributed by atoms with Crippen molar-refractivity contribution < 1.29 is 4.79 Å². The van der Waals surface area contributed by atoms with Gasteiger partial charge in [-0.05, 0) is 24.4 Å². The first-order valence-electron chi connectivity index (χ1n) is 4.91. The van der Waals surface area contributed by atoms with Gasteiger partial charge in [-0.15, -0.1) is 10.2 Å². The Morgan fingerprint density at radius 3 is 3.12 bits per heavy atom. The van der Waals surface area contributed by atoms with Crippen LogP contribution in [0.3, 0.4) is 0 Å². The monoisotopic (exact) mass is 237 g/mol. The molecule has 1 fully saturated rings. The van der Waals surface area contributed by atoms with Crippen LogP contribution in [0.5, 0.6) is 0 Å². The Hall–Kier alpha value is -1.69. The Bertz CT molecular complexity index is 562. The number of hydrogen-bond donors (Lipinski definition) is 1. The molecule has 0 aliphatic heterocycles. The minimum Gasteiger partial charge on any atom is -0.321 e. The van der Waals surface area contributed by atoms with Gasteiger partial charge in [-0.25, -0.2) is 4.98 Å². The lowest BCUT2D eigenvalue weighted by Crippen LogP contribution is -2.14. The number of fused-ring (bicyclic) bond motifs is 1. The van der Waals surface area contributed by atoms with Crippen molar-refractivity contribution in [3.8, 4) is 0 Å². The van der Waals surface area contributed by atoms with Crippen LogP contribution in [0.2, 0.25) is 5.28 Å². The highest BCUT2D eigenvalue weighted by molar-refractivity contribution is 6.28. The molecule has 0 atom stereocenters. The number of nitrogens with one attached hydrogen (secondary N) is 1. The molecule has 16 heavy (non-hydrogen) atoms. The maximum Gasteiger partial charge on any atom is 0.227 e. The van der Waals surface area contributed by atoms with Gasteiger partial charge in [-0.3, -0.25) is 9.20 Å².